The molecule has 0 radical (unpaired) electrons. The van der Waals surface area contributed by atoms with E-state index in [2.05, 4.69) is 135 Å². The molecule has 12 aromatic rings. The Bertz CT molecular complexity index is 4000. The van der Waals surface area contributed by atoms with Gasteiger partial charge in [-0.05, 0) is 169 Å². The van der Waals surface area contributed by atoms with Crippen molar-refractivity contribution in [3.8, 4) is 55.4 Å². The predicted octanol–water partition coefficient (Wildman–Crippen LogP) is 22.0. The summed E-state index contributed by atoms with van der Waals surface area (Å²) in [7, 11) is 6.81. The quantitative estimate of drug-likeness (QED) is 0.0522. The van der Waals surface area contributed by atoms with Gasteiger partial charge in [0.1, 0.15) is 55.5 Å². The van der Waals surface area contributed by atoms with E-state index < -0.39 is 0 Å². The predicted molar refractivity (Wildman–Crippen MR) is 363 cm³/mol. The van der Waals surface area contributed by atoms with Gasteiger partial charge in [-0.25, -0.2) is 0 Å². The maximum absolute atomic E-state index is 7.30. The lowest BCUT2D eigenvalue weighted by molar-refractivity contribution is 0.235. The number of benzene rings is 7. The number of ether oxygens (including phenoxy) is 6. The van der Waals surface area contributed by atoms with E-state index in [4.69, 9.17) is 37.2 Å². The summed E-state index contributed by atoms with van der Waals surface area (Å²) < 4.78 is 51.6. The zero-order valence-corrected chi connectivity index (χ0v) is 53.4. The monoisotopic (exact) mass is 1220 g/mol. The van der Waals surface area contributed by atoms with Gasteiger partial charge in [-0.2, -0.15) is 8.75 Å². The third kappa shape index (κ3) is 11.9. The Balaban J connectivity index is 0.960. The Labute approximate surface area is 518 Å². The number of methoxy groups -OCH3 is 4. The number of hydrogen-bond acceptors (Lipinski definition) is 15. The smallest absolute Gasteiger partial charge is 0.146 e. The third-order valence-corrected chi connectivity index (χ3v) is 21.2. The van der Waals surface area contributed by atoms with Crippen molar-refractivity contribution in [3.63, 3.8) is 0 Å². The second-order valence-corrected chi connectivity index (χ2v) is 26.3. The normalized spacial score (nSPS) is 12.4. The van der Waals surface area contributed by atoms with Crippen LogP contribution in [0.1, 0.15) is 79.1 Å². The number of unbranched alkanes of at least 4 members (excludes halogenated alkanes) is 2. The molecule has 5 heterocycles. The summed E-state index contributed by atoms with van der Waals surface area (Å²) in [6.45, 7) is 10.4. The number of anilines is 6. The Morgan fingerprint density at radius 2 is 0.824 bits per heavy atom. The molecule has 0 aliphatic rings. The van der Waals surface area contributed by atoms with Crippen molar-refractivity contribution in [3.05, 3.63) is 146 Å². The van der Waals surface area contributed by atoms with Gasteiger partial charge in [0.15, 0.2) is 0 Å². The molecule has 436 valence electrons. The Kier molecular flexibility index (Phi) is 17.8. The van der Waals surface area contributed by atoms with Crippen LogP contribution in [0.5, 0.6) is 34.5 Å². The summed E-state index contributed by atoms with van der Waals surface area (Å²) in [5, 5.41) is 6.68. The summed E-state index contributed by atoms with van der Waals surface area (Å²) in [6, 6.07) is 51.5. The summed E-state index contributed by atoms with van der Waals surface area (Å²) in [5.41, 5.74) is 8.05. The van der Waals surface area contributed by atoms with Crippen molar-refractivity contribution in [2.45, 2.75) is 79.1 Å². The van der Waals surface area contributed by atoms with Crippen LogP contribution in [0.25, 0.3) is 72.3 Å². The van der Waals surface area contributed by atoms with Crippen molar-refractivity contribution < 1.29 is 28.4 Å². The number of hydrogen-bond donors (Lipinski definition) is 0. The molecule has 7 aromatic carbocycles. The molecule has 0 saturated carbocycles. The van der Waals surface area contributed by atoms with Crippen LogP contribution in [-0.2, 0) is 0 Å². The van der Waals surface area contributed by atoms with Crippen LogP contribution < -0.4 is 38.2 Å². The highest BCUT2D eigenvalue weighted by atomic mass is 32.1. The highest BCUT2D eigenvalue weighted by Gasteiger charge is 2.28. The first-order valence-electron chi connectivity index (χ1n) is 29.4. The second-order valence-electron chi connectivity index (χ2n) is 21.5. The van der Waals surface area contributed by atoms with Crippen molar-refractivity contribution in [2.24, 2.45) is 11.8 Å². The number of thiophene rings is 4. The first-order chi connectivity index (χ1) is 41.7. The van der Waals surface area contributed by atoms with Crippen LogP contribution in [0, 0.1) is 11.8 Å². The molecule has 10 nitrogen and oxygen atoms in total. The topological polar surface area (TPSA) is 87.6 Å². The van der Waals surface area contributed by atoms with Gasteiger partial charge in [-0.3, -0.25) is 0 Å². The van der Waals surface area contributed by atoms with Crippen molar-refractivity contribution >= 4 is 141 Å². The molecule has 2 atom stereocenters. The van der Waals surface area contributed by atoms with Gasteiger partial charge in [0.05, 0.1) is 62.8 Å². The Morgan fingerprint density at radius 3 is 1.26 bits per heavy atom. The van der Waals surface area contributed by atoms with Gasteiger partial charge in [-0.15, -0.1) is 45.3 Å². The lowest BCUT2D eigenvalue weighted by Crippen LogP contribution is -2.12. The molecular weight excluding hydrogens is 1150 g/mol. The zero-order valence-electron chi connectivity index (χ0n) is 49.4. The minimum atomic E-state index is 0.425. The van der Waals surface area contributed by atoms with Gasteiger partial charge in [-0.1, -0.05) is 78.4 Å². The maximum atomic E-state index is 7.30. The average molecular weight is 1220 g/mol. The Morgan fingerprint density at radius 1 is 0.424 bits per heavy atom. The number of rotatable bonds is 26. The SMILES string of the molecule is CCCCC(CC)COc1c2cc(N(c3ccc(OC)cc3)c3ccc(OC)cc3)sc2c(OCC(CC)CCCC)c2cc(-c3ccc(-c4cc5cc6sc(N(c7ccc(OC)cc7)c7ccc(OC)cc7)cc6cc5s4)c4nsnc34)sc12. The fourth-order valence-electron chi connectivity index (χ4n) is 11.2. The van der Waals surface area contributed by atoms with Crippen LogP contribution in [0.3, 0.4) is 0 Å². The maximum Gasteiger partial charge on any atom is 0.146 e. The van der Waals surface area contributed by atoms with E-state index in [-0.39, 0.29) is 0 Å². The molecule has 0 saturated heterocycles. The lowest BCUT2D eigenvalue weighted by atomic mass is 10.0. The van der Waals surface area contributed by atoms with Crippen LogP contribution in [0.2, 0.25) is 0 Å². The van der Waals surface area contributed by atoms with Crippen LogP contribution in [-0.4, -0.2) is 50.4 Å². The Hall–Kier alpha value is -7.40. The second kappa shape index (κ2) is 26.1. The lowest BCUT2D eigenvalue weighted by Gasteiger charge is -2.24. The first-order valence-corrected chi connectivity index (χ1v) is 33.4. The first kappa shape index (κ1) is 58.0. The highest BCUT2D eigenvalue weighted by Crippen LogP contribution is 2.56. The standard InChI is InChI=1S/C70H70N4O6S5/c1-9-13-15-43(11-3)41-79-67-57-39-62(83-69(57)68(80-42-44(12-4)16-14-10-2)58-40-64(84-70(58)67)74(49-21-29-53(77-7)30-22-49)50-23-31-54(78-8)32-24-50)56-34-33-55(65-66(56)72-85-71-65)61-37-45-35-60-46(36-59(45)81-61)38-63(82-60)73(47-17-25-51(75-5)26-18-47)48-19-27-52(76-6)28-20-48/h17-40,43-44H,9-16,41-42H2,1-8H3. The van der Waals surface area contributed by atoms with Gasteiger partial charge in [0, 0.05) is 63.8 Å². The summed E-state index contributed by atoms with van der Waals surface area (Å²) >= 11 is 8.38. The van der Waals surface area contributed by atoms with Gasteiger partial charge in [0.25, 0.3) is 0 Å². The van der Waals surface area contributed by atoms with Crippen LogP contribution in [0.15, 0.2) is 146 Å². The molecule has 2 unspecified atom stereocenters. The molecule has 0 bridgehead atoms. The van der Waals surface area contributed by atoms with E-state index in [1.807, 2.05) is 48.5 Å². The molecule has 0 fully saturated rings. The molecule has 12 rings (SSSR count). The molecule has 0 spiro atoms. The fourth-order valence-corrected chi connectivity index (χ4v) is 16.4. The molecular formula is C70H70N4O6S5. The molecule has 0 N–H and O–H groups in total. The number of fused-ring (bicyclic) bond motifs is 5. The molecule has 15 heteroatoms. The third-order valence-electron chi connectivity index (χ3n) is 16.2. The molecule has 5 aromatic heterocycles. The van der Waals surface area contributed by atoms with E-state index in [0.717, 1.165) is 158 Å². The molecule has 0 amide bonds. The largest absolute Gasteiger partial charge is 0.497 e. The molecule has 0 aliphatic heterocycles. The summed E-state index contributed by atoms with van der Waals surface area (Å²) in [4.78, 5) is 6.87. The van der Waals surface area contributed by atoms with E-state index >= 15 is 0 Å². The number of nitrogens with zero attached hydrogens (tertiary/aromatic N) is 4. The van der Waals surface area contributed by atoms with E-state index in [1.54, 1.807) is 73.8 Å². The highest BCUT2D eigenvalue weighted by molar-refractivity contribution is 7.25. The molecule has 85 heavy (non-hydrogen) atoms. The number of aromatic nitrogens is 2. The van der Waals surface area contributed by atoms with E-state index in [1.165, 1.54) is 44.7 Å². The average Bonchev–Trinajstić information content (AvgIpc) is 1.98. The van der Waals surface area contributed by atoms with E-state index in [9.17, 15) is 0 Å². The van der Waals surface area contributed by atoms with Crippen LogP contribution >= 0.6 is 57.1 Å². The van der Waals surface area contributed by atoms with Crippen LogP contribution in [0.4, 0.5) is 32.8 Å². The van der Waals surface area contributed by atoms with Crippen molar-refractivity contribution in [1.29, 1.82) is 0 Å². The van der Waals surface area contributed by atoms with Crippen molar-refractivity contribution in [1.82, 2.24) is 8.75 Å². The minimum absolute atomic E-state index is 0.425. The molecule has 0 aliphatic carbocycles. The van der Waals surface area contributed by atoms with Crippen molar-refractivity contribution in [2.75, 3.05) is 51.5 Å². The van der Waals surface area contributed by atoms with E-state index in [0.29, 0.717) is 25.0 Å². The van der Waals surface area contributed by atoms with Gasteiger partial charge in [0.2, 0.25) is 0 Å². The van der Waals surface area contributed by atoms with Gasteiger partial charge < -0.3 is 38.2 Å². The van der Waals surface area contributed by atoms with Gasteiger partial charge >= 0.3 is 0 Å². The summed E-state index contributed by atoms with van der Waals surface area (Å²) in [5.74, 6) is 5.90. The minimum Gasteiger partial charge on any atom is -0.497 e. The summed E-state index contributed by atoms with van der Waals surface area (Å²) in [6.07, 6.45) is 9.00. The zero-order chi connectivity index (χ0) is 58.6. The fraction of sp³-hybridized carbons (Fsp3) is 0.286.